The van der Waals surface area contributed by atoms with Gasteiger partial charge in [-0.3, -0.25) is 34.6 Å². The van der Waals surface area contributed by atoms with Gasteiger partial charge in [-0.2, -0.15) is 5.10 Å². The molecule has 18 nitrogen and oxygen atoms in total. The number of carbonyl (C=O) groups is 4. The number of aromatic nitrogens is 4. The number of H-pyrrole nitrogens is 1. The molecule has 4 aliphatic heterocycles. The van der Waals surface area contributed by atoms with E-state index in [0.29, 0.717) is 131 Å². The van der Waals surface area contributed by atoms with Crippen LogP contribution >= 0.6 is 23.2 Å². The third-order valence-corrected chi connectivity index (χ3v) is 15.2. The highest BCUT2D eigenvalue weighted by molar-refractivity contribution is 6.35. The zero-order valence-corrected chi connectivity index (χ0v) is 43.8. The summed E-state index contributed by atoms with van der Waals surface area (Å²) in [6, 6.07) is 14.2. The van der Waals surface area contributed by atoms with Gasteiger partial charge in [0.1, 0.15) is 35.2 Å². The number of rotatable bonds is 21. The first-order valence-electron chi connectivity index (χ1n) is 26.0. The van der Waals surface area contributed by atoms with Gasteiger partial charge in [0.2, 0.25) is 23.6 Å². The van der Waals surface area contributed by atoms with E-state index in [-0.39, 0.29) is 54.1 Å². The van der Waals surface area contributed by atoms with E-state index in [1.165, 1.54) is 6.07 Å². The molecule has 0 aliphatic carbocycles. The molecule has 4 amide bonds. The van der Waals surface area contributed by atoms with Gasteiger partial charge in [0.25, 0.3) is 0 Å². The Morgan fingerprint density at radius 2 is 1.52 bits per heavy atom. The Kier molecular flexibility index (Phi) is 18.5. The molecule has 2 aromatic carbocycles. The number of benzene rings is 2. The summed E-state index contributed by atoms with van der Waals surface area (Å²) in [5.41, 5.74) is 4.36. The number of imide groups is 1. The van der Waals surface area contributed by atoms with E-state index in [9.17, 15) is 19.2 Å². The number of piperidine rings is 3. The molecule has 3 aromatic heterocycles. The zero-order valence-electron chi connectivity index (χ0n) is 42.2. The lowest BCUT2D eigenvalue weighted by molar-refractivity contribution is -0.141. The van der Waals surface area contributed by atoms with Gasteiger partial charge in [-0.25, -0.2) is 9.37 Å². The number of anilines is 2. The van der Waals surface area contributed by atoms with Crippen LogP contribution in [0.3, 0.4) is 0 Å². The zero-order chi connectivity index (χ0) is 52.3. The van der Waals surface area contributed by atoms with Crippen molar-refractivity contribution < 1.29 is 42.5 Å². The topological polar surface area (TPSA) is 197 Å². The largest absolute Gasteiger partial charge is 0.486 e. The van der Waals surface area contributed by atoms with E-state index in [2.05, 4.69) is 35.6 Å². The third-order valence-electron chi connectivity index (χ3n) is 14.6. The van der Waals surface area contributed by atoms with Crippen molar-refractivity contribution in [3.63, 3.8) is 0 Å². The number of hydrogen-bond donors (Lipinski definition) is 3. The maximum atomic E-state index is 15.1. The van der Waals surface area contributed by atoms with Crippen molar-refractivity contribution in [3.05, 3.63) is 94.1 Å². The van der Waals surface area contributed by atoms with Crippen molar-refractivity contribution in [3.8, 4) is 17.0 Å². The van der Waals surface area contributed by atoms with Crippen LogP contribution in [-0.2, 0) is 33.4 Å². The molecule has 0 bridgehead atoms. The molecule has 400 valence electrons. The predicted octanol–water partition coefficient (Wildman–Crippen LogP) is 7.03. The van der Waals surface area contributed by atoms with E-state index >= 15 is 4.39 Å². The fraction of sp³-hybridized carbons (Fsp3) is 0.500. The van der Waals surface area contributed by atoms with Gasteiger partial charge < -0.3 is 43.9 Å². The number of nitrogens with zero attached hydrogens (tertiary/aromatic N) is 7. The second-order valence-electron chi connectivity index (χ2n) is 19.5. The average Bonchev–Trinajstić information content (AvgIpc) is 3.84. The first-order chi connectivity index (χ1) is 36.5. The summed E-state index contributed by atoms with van der Waals surface area (Å²) >= 11 is 12.8. The third kappa shape index (κ3) is 13.9. The maximum Gasteiger partial charge on any atom is 0.249 e. The Labute approximate surface area is 445 Å². The number of pyridine rings is 2. The molecule has 2 atom stereocenters. The lowest BCUT2D eigenvalue weighted by Crippen LogP contribution is -2.52. The number of aromatic amines is 1. The van der Waals surface area contributed by atoms with Gasteiger partial charge >= 0.3 is 0 Å². The first-order valence-corrected chi connectivity index (χ1v) is 26.8. The number of amides is 4. The SMILES string of the molecule is C[C@@H](Oc1ccc2[nH]nc(-c3ccc(N4CCN(C(=O)C5CCN(C(=O)CCOCCOCCOCCN6CCC(c7ccc(NC8CCC(=O)NC8=O)cc7F)CC6)CC5)CC4)nc3)c2c1)c1c(Cl)cncc1Cl. The minimum Gasteiger partial charge on any atom is -0.486 e. The van der Waals surface area contributed by atoms with E-state index < -0.39 is 12.1 Å². The summed E-state index contributed by atoms with van der Waals surface area (Å²) in [7, 11) is 0. The molecule has 0 spiro atoms. The molecular formula is C54H65Cl2FN10O8. The minimum atomic E-state index is -0.551. The summed E-state index contributed by atoms with van der Waals surface area (Å²) in [5, 5.41) is 14.8. The molecule has 21 heteroatoms. The predicted molar refractivity (Wildman–Crippen MR) is 282 cm³/mol. The lowest BCUT2D eigenvalue weighted by atomic mass is 9.89. The van der Waals surface area contributed by atoms with Crippen molar-refractivity contribution in [2.45, 2.75) is 69.9 Å². The summed E-state index contributed by atoms with van der Waals surface area (Å²) in [6.45, 7) is 10.7. The number of nitrogens with one attached hydrogen (secondary N) is 3. The normalized spacial score (nSPS) is 18.6. The van der Waals surface area contributed by atoms with E-state index in [0.717, 1.165) is 60.5 Å². The monoisotopic (exact) mass is 1070 g/mol. The van der Waals surface area contributed by atoms with Crippen LogP contribution in [0.15, 0.2) is 67.1 Å². The van der Waals surface area contributed by atoms with Crippen LogP contribution in [0.4, 0.5) is 15.9 Å². The maximum absolute atomic E-state index is 15.1. The molecule has 0 radical (unpaired) electrons. The van der Waals surface area contributed by atoms with Crippen LogP contribution in [0.1, 0.15) is 75.0 Å². The molecule has 4 saturated heterocycles. The van der Waals surface area contributed by atoms with E-state index in [4.69, 9.17) is 47.1 Å². The van der Waals surface area contributed by atoms with Crippen LogP contribution in [0.5, 0.6) is 5.75 Å². The van der Waals surface area contributed by atoms with Crippen LogP contribution in [0, 0.1) is 11.7 Å². The van der Waals surface area contributed by atoms with Crippen LogP contribution < -0.4 is 20.3 Å². The highest BCUT2D eigenvalue weighted by Crippen LogP contribution is 2.36. The van der Waals surface area contributed by atoms with Crippen molar-refractivity contribution >= 4 is 69.2 Å². The van der Waals surface area contributed by atoms with E-state index in [1.54, 1.807) is 24.5 Å². The van der Waals surface area contributed by atoms with Crippen LogP contribution in [-0.4, -0.2) is 163 Å². The first kappa shape index (κ1) is 53.9. The highest BCUT2D eigenvalue weighted by atomic mass is 35.5. The summed E-state index contributed by atoms with van der Waals surface area (Å²) in [6.07, 6.45) is 8.44. The van der Waals surface area contributed by atoms with E-state index in [1.807, 2.05) is 53.3 Å². The number of carbonyl (C=O) groups excluding carboxylic acids is 4. The van der Waals surface area contributed by atoms with Gasteiger partial charge in [-0.1, -0.05) is 29.3 Å². The van der Waals surface area contributed by atoms with Crippen molar-refractivity contribution in [1.29, 1.82) is 0 Å². The summed E-state index contributed by atoms with van der Waals surface area (Å²) in [5.74, 6) is 0.759. The lowest BCUT2D eigenvalue weighted by Gasteiger charge is -2.39. The number of likely N-dealkylation sites (tertiary alicyclic amines) is 2. The van der Waals surface area contributed by atoms with Crippen molar-refractivity contribution in [2.75, 3.05) is 109 Å². The standard InChI is InChI=1S/C54H65Cl2FN10O8/c1-35(51-43(55)33-58-34-44(51)56)75-40-4-6-46-42(31-40)52(63-62-46)38-2-8-48(59-32-38)65-19-21-67(22-20-65)54(71)37-12-17-66(18-13-37)50(69)14-24-72-26-28-74-29-27-73-25-23-64-15-10-36(11-16-64)41-5-3-39(30-45(41)57)60-47-7-9-49(68)61-53(47)70/h2-6,8,30-37,47,60H,7,9-29H2,1H3,(H,62,63)(H,61,68,70)/t35-,47?/m1/s1. The minimum absolute atomic E-state index is 0.0383. The number of piperazine rings is 1. The van der Waals surface area contributed by atoms with Gasteiger partial charge in [0.05, 0.1) is 61.6 Å². The summed E-state index contributed by atoms with van der Waals surface area (Å²) in [4.78, 5) is 67.2. The molecule has 7 heterocycles. The quantitative estimate of drug-likeness (QED) is 0.0501. The Hall–Kier alpha value is -5.96. The second kappa shape index (κ2) is 25.7. The molecule has 75 heavy (non-hydrogen) atoms. The molecule has 9 rings (SSSR count). The highest BCUT2D eigenvalue weighted by Gasteiger charge is 2.33. The van der Waals surface area contributed by atoms with Gasteiger partial charge in [-0.15, -0.1) is 0 Å². The number of hydrogen-bond acceptors (Lipinski definition) is 14. The fourth-order valence-electron chi connectivity index (χ4n) is 10.4. The molecule has 4 fully saturated rings. The fourth-order valence-corrected chi connectivity index (χ4v) is 11.0. The summed E-state index contributed by atoms with van der Waals surface area (Å²) < 4.78 is 38.5. The average molecular weight is 1070 g/mol. The Bertz CT molecular complexity index is 2740. The Morgan fingerprint density at radius 3 is 2.21 bits per heavy atom. The molecular weight excluding hydrogens is 1010 g/mol. The molecule has 0 saturated carbocycles. The smallest absolute Gasteiger partial charge is 0.249 e. The number of halogens is 3. The van der Waals surface area contributed by atoms with Gasteiger partial charge in [-0.05, 0) is 106 Å². The number of ether oxygens (including phenoxy) is 4. The molecule has 3 N–H and O–H groups in total. The van der Waals surface area contributed by atoms with Crippen molar-refractivity contribution in [1.82, 2.24) is 40.2 Å². The molecule has 1 unspecified atom stereocenters. The Balaban J connectivity index is 0.593. The Morgan fingerprint density at radius 1 is 0.800 bits per heavy atom. The molecule has 5 aromatic rings. The second-order valence-corrected chi connectivity index (χ2v) is 20.3. The molecule has 4 aliphatic rings. The van der Waals surface area contributed by atoms with Crippen molar-refractivity contribution in [2.24, 2.45) is 5.92 Å². The number of fused-ring (bicyclic) bond motifs is 1. The van der Waals surface area contributed by atoms with Crippen LogP contribution in [0.25, 0.3) is 22.2 Å². The van der Waals surface area contributed by atoms with Gasteiger partial charge in [0, 0.05) is 98.9 Å². The van der Waals surface area contributed by atoms with Crippen LogP contribution in [0.2, 0.25) is 10.0 Å². The van der Waals surface area contributed by atoms with Gasteiger partial charge in [0.15, 0.2) is 0 Å².